The third-order valence-corrected chi connectivity index (χ3v) is 4.04. The number of nitriles is 1. The topological polar surface area (TPSA) is 79.2 Å². The molecule has 0 aliphatic heterocycles. The molecule has 0 fully saturated rings. The third-order valence-electron chi connectivity index (χ3n) is 3.48. The summed E-state index contributed by atoms with van der Waals surface area (Å²) in [7, 11) is 0. The predicted octanol–water partition coefficient (Wildman–Crippen LogP) is 5.07. The van der Waals surface area contributed by atoms with Gasteiger partial charge in [-0.15, -0.1) is 0 Å². The molecule has 26 heavy (non-hydrogen) atoms. The van der Waals surface area contributed by atoms with Crippen LogP contribution in [0.1, 0.15) is 11.5 Å². The highest BCUT2D eigenvalue weighted by molar-refractivity contribution is 6.35. The van der Waals surface area contributed by atoms with Crippen molar-refractivity contribution in [1.82, 2.24) is 5.32 Å². The smallest absolute Gasteiger partial charge is 0.262 e. The highest BCUT2D eigenvalue weighted by Crippen LogP contribution is 2.32. The molecule has 5 nitrogen and oxygen atoms in total. The minimum atomic E-state index is -0.525. The lowest BCUT2D eigenvalue weighted by molar-refractivity contribution is -0.117. The second-order valence-electron chi connectivity index (χ2n) is 5.26. The van der Waals surface area contributed by atoms with Crippen molar-refractivity contribution in [3.63, 3.8) is 0 Å². The first-order valence-corrected chi connectivity index (χ1v) is 8.30. The number of carbonyl (C=O) groups excluding carboxylic acids is 1. The van der Waals surface area contributed by atoms with Crippen LogP contribution < -0.4 is 5.32 Å². The van der Waals surface area contributed by atoms with Gasteiger partial charge in [-0.3, -0.25) is 4.79 Å². The molecule has 0 radical (unpaired) electrons. The van der Waals surface area contributed by atoms with Crippen LogP contribution in [0.15, 0.2) is 63.1 Å². The molecular formula is C19H12Cl2N2O3. The van der Waals surface area contributed by atoms with Gasteiger partial charge < -0.3 is 14.2 Å². The Kier molecular flexibility index (Phi) is 5.47. The number of benzene rings is 1. The lowest BCUT2D eigenvalue weighted by Gasteiger charge is -2.02. The van der Waals surface area contributed by atoms with E-state index in [4.69, 9.17) is 32.0 Å². The second-order valence-corrected chi connectivity index (χ2v) is 6.10. The Morgan fingerprint density at radius 1 is 1.23 bits per heavy atom. The van der Waals surface area contributed by atoms with Gasteiger partial charge in [0.25, 0.3) is 5.91 Å². The average Bonchev–Trinajstić information content (AvgIpc) is 3.31. The lowest BCUT2D eigenvalue weighted by atomic mass is 10.2. The quantitative estimate of drug-likeness (QED) is 0.490. The Morgan fingerprint density at radius 3 is 2.81 bits per heavy atom. The minimum absolute atomic E-state index is 0.0883. The molecule has 1 N–H and O–H groups in total. The van der Waals surface area contributed by atoms with Gasteiger partial charge in [0.2, 0.25) is 0 Å². The number of hydrogen-bond donors (Lipinski definition) is 1. The Labute approximate surface area is 159 Å². The molecule has 0 unspecified atom stereocenters. The summed E-state index contributed by atoms with van der Waals surface area (Å²) >= 11 is 12.1. The van der Waals surface area contributed by atoms with Crippen molar-refractivity contribution in [2.45, 2.75) is 6.54 Å². The molecule has 1 amide bonds. The fourth-order valence-electron chi connectivity index (χ4n) is 2.23. The van der Waals surface area contributed by atoms with E-state index < -0.39 is 5.91 Å². The predicted molar refractivity (Wildman–Crippen MR) is 98.3 cm³/mol. The van der Waals surface area contributed by atoms with E-state index in [2.05, 4.69) is 5.32 Å². The summed E-state index contributed by atoms with van der Waals surface area (Å²) in [5, 5.41) is 12.8. The van der Waals surface area contributed by atoms with E-state index in [1.807, 2.05) is 6.07 Å². The van der Waals surface area contributed by atoms with Gasteiger partial charge in [-0.1, -0.05) is 23.2 Å². The second kappa shape index (κ2) is 7.96. The van der Waals surface area contributed by atoms with Crippen molar-refractivity contribution in [2.24, 2.45) is 0 Å². The van der Waals surface area contributed by atoms with E-state index in [1.54, 1.807) is 42.5 Å². The zero-order valence-corrected chi connectivity index (χ0v) is 14.8. The number of hydrogen-bond acceptors (Lipinski definition) is 4. The van der Waals surface area contributed by atoms with Gasteiger partial charge in [-0.2, -0.15) is 5.26 Å². The van der Waals surface area contributed by atoms with Gasteiger partial charge in [-0.25, -0.2) is 0 Å². The Morgan fingerprint density at radius 2 is 2.08 bits per heavy atom. The molecule has 0 bridgehead atoms. The molecule has 0 atom stereocenters. The summed E-state index contributed by atoms with van der Waals surface area (Å²) in [4.78, 5) is 12.1. The molecule has 3 aromatic rings. The molecule has 0 saturated heterocycles. The number of halogens is 2. The van der Waals surface area contributed by atoms with Crippen molar-refractivity contribution in [1.29, 1.82) is 5.26 Å². The molecule has 1 aromatic carbocycles. The van der Waals surface area contributed by atoms with E-state index >= 15 is 0 Å². The monoisotopic (exact) mass is 386 g/mol. The number of nitrogens with zero attached hydrogens (tertiary/aromatic N) is 1. The van der Waals surface area contributed by atoms with Crippen molar-refractivity contribution in [3.05, 3.63) is 75.9 Å². The van der Waals surface area contributed by atoms with E-state index in [9.17, 15) is 10.1 Å². The zero-order chi connectivity index (χ0) is 18.5. The van der Waals surface area contributed by atoms with Crippen molar-refractivity contribution >= 4 is 35.2 Å². The van der Waals surface area contributed by atoms with Gasteiger partial charge in [0.15, 0.2) is 0 Å². The van der Waals surface area contributed by atoms with Crippen LogP contribution in [0.3, 0.4) is 0 Å². The number of carbonyl (C=O) groups is 1. The van der Waals surface area contributed by atoms with E-state index in [0.717, 1.165) is 0 Å². The van der Waals surface area contributed by atoms with Crippen LogP contribution in [0.4, 0.5) is 0 Å². The maximum Gasteiger partial charge on any atom is 0.262 e. The highest BCUT2D eigenvalue weighted by atomic mass is 35.5. The van der Waals surface area contributed by atoms with Crippen LogP contribution in [-0.4, -0.2) is 5.91 Å². The Hall–Kier alpha value is -2.94. The summed E-state index contributed by atoms with van der Waals surface area (Å²) in [5.74, 6) is 0.895. The molecule has 0 aliphatic carbocycles. The van der Waals surface area contributed by atoms with E-state index in [-0.39, 0.29) is 12.1 Å². The zero-order valence-electron chi connectivity index (χ0n) is 13.3. The molecule has 0 aliphatic rings. The summed E-state index contributed by atoms with van der Waals surface area (Å²) in [6.07, 6.45) is 2.87. The van der Waals surface area contributed by atoms with Crippen LogP contribution >= 0.6 is 23.2 Å². The standard InChI is InChI=1S/C19H12Cl2N2O3/c20-13-3-5-17(21)16(9-13)18-6-4-14(26-18)8-12(10-22)19(24)23-11-15-2-1-7-25-15/h1-9H,11H2,(H,23,24)/b12-8-. The minimum Gasteiger partial charge on any atom is -0.467 e. The summed E-state index contributed by atoms with van der Waals surface area (Å²) < 4.78 is 10.8. The number of amides is 1. The number of furan rings is 2. The first kappa shape index (κ1) is 17.9. The van der Waals surface area contributed by atoms with Crippen LogP contribution in [-0.2, 0) is 11.3 Å². The number of rotatable bonds is 5. The Balaban J connectivity index is 1.77. The summed E-state index contributed by atoms with van der Waals surface area (Å²) in [6.45, 7) is 0.187. The highest BCUT2D eigenvalue weighted by Gasteiger charge is 2.13. The summed E-state index contributed by atoms with van der Waals surface area (Å²) in [5.41, 5.74) is 0.536. The van der Waals surface area contributed by atoms with Crippen LogP contribution in [0.2, 0.25) is 10.0 Å². The molecule has 3 rings (SSSR count). The largest absolute Gasteiger partial charge is 0.467 e. The molecule has 7 heteroatoms. The van der Waals surface area contributed by atoms with Crippen molar-refractivity contribution in [2.75, 3.05) is 0 Å². The van der Waals surface area contributed by atoms with Crippen LogP contribution in [0.5, 0.6) is 0 Å². The van der Waals surface area contributed by atoms with Gasteiger partial charge in [0.05, 0.1) is 17.8 Å². The van der Waals surface area contributed by atoms with Gasteiger partial charge >= 0.3 is 0 Å². The van der Waals surface area contributed by atoms with Crippen LogP contribution in [0, 0.1) is 11.3 Å². The molecular weight excluding hydrogens is 375 g/mol. The van der Waals surface area contributed by atoms with Crippen molar-refractivity contribution in [3.8, 4) is 17.4 Å². The van der Waals surface area contributed by atoms with Gasteiger partial charge in [0.1, 0.15) is 28.9 Å². The SMILES string of the molecule is N#C/C(=C/c1ccc(-c2cc(Cl)ccc2Cl)o1)C(=O)NCc1ccco1. The fourth-order valence-corrected chi connectivity index (χ4v) is 2.61. The first-order chi connectivity index (χ1) is 12.6. The van der Waals surface area contributed by atoms with Crippen LogP contribution in [0.25, 0.3) is 17.4 Å². The van der Waals surface area contributed by atoms with E-state index in [0.29, 0.717) is 32.9 Å². The lowest BCUT2D eigenvalue weighted by Crippen LogP contribution is -2.23. The molecule has 2 heterocycles. The summed E-state index contributed by atoms with van der Waals surface area (Å²) in [6, 6.07) is 13.7. The molecule has 0 saturated carbocycles. The maximum atomic E-state index is 12.1. The van der Waals surface area contributed by atoms with Crippen molar-refractivity contribution < 1.29 is 13.6 Å². The molecule has 0 spiro atoms. The fraction of sp³-hybridized carbons (Fsp3) is 0.0526. The average molecular weight is 387 g/mol. The number of nitrogens with one attached hydrogen (secondary N) is 1. The molecule has 2 aromatic heterocycles. The molecule has 130 valence electrons. The third kappa shape index (κ3) is 4.17. The normalized spacial score (nSPS) is 11.2. The maximum absolute atomic E-state index is 12.1. The first-order valence-electron chi connectivity index (χ1n) is 7.54. The van der Waals surface area contributed by atoms with E-state index in [1.165, 1.54) is 12.3 Å². The van der Waals surface area contributed by atoms with Gasteiger partial charge in [-0.05, 0) is 42.5 Å². The Bertz CT molecular complexity index is 998. The van der Waals surface area contributed by atoms with Gasteiger partial charge in [0, 0.05) is 16.7 Å².